The lowest BCUT2D eigenvalue weighted by Crippen LogP contribution is -2.53. The summed E-state index contributed by atoms with van der Waals surface area (Å²) in [5.41, 5.74) is 0.725. The smallest absolute Gasteiger partial charge is 0.317 e. The van der Waals surface area contributed by atoms with E-state index in [-0.39, 0.29) is 36.6 Å². The molecule has 3 amide bonds. The highest BCUT2D eigenvalue weighted by Gasteiger charge is 2.34. The molecular formula is C19H27N3O5. The molecule has 8 heteroatoms. The Morgan fingerprint density at radius 3 is 2.41 bits per heavy atom. The summed E-state index contributed by atoms with van der Waals surface area (Å²) in [4.78, 5) is 28.5. The SMILES string of the molecule is COc1ccc(N2CC(NC(=O)N3CC(C)OC(C)C3)CC2=O)cc1OC. The van der Waals surface area contributed by atoms with Crippen molar-refractivity contribution in [1.82, 2.24) is 10.2 Å². The molecule has 148 valence electrons. The first-order valence-electron chi connectivity index (χ1n) is 9.14. The van der Waals surface area contributed by atoms with Gasteiger partial charge in [-0.25, -0.2) is 4.79 Å². The molecule has 2 heterocycles. The fourth-order valence-electron chi connectivity index (χ4n) is 3.66. The second-order valence-corrected chi connectivity index (χ2v) is 7.06. The number of carbonyl (C=O) groups excluding carboxylic acids is 2. The van der Waals surface area contributed by atoms with Crippen molar-refractivity contribution in [2.75, 3.05) is 38.8 Å². The number of rotatable bonds is 4. The number of ether oxygens (including phenoxy) is 3. The lowest BCUT2D eigenvalue weighted by molar-refractivity contribution is -0.117. The van der Waals surface area contributed by atoms with Crippen LogP contribution in [0.2, 0.25) is 0 Å². The molecular weight excluding hydrogens is 350 g/mol. The first-order valence-corrected chi connectivity index (χ1v) is 9.14. The summed E-state index contributed by atoms with van der Waals surface area (Å²) in [6.07, 6.45) is 0.288. The normalized spacial score (nSPS) is 25.5. The van der Waals surface area contributed by atoms with E-state index in [9.17, 15) is 9.59 Å². The van der Waals surface area contributed by atoms with Crippen molar-refractivity contribution in [3.63, 3.8) is 0 Å². The first kappa shape index (κ1) is 19.3. The van der Waals surface area contributed by atoms with Crippen LogP contribution in [0.15, 0.2) is 18.2 Å². The standard InChI is InChI=1S/C19H27N3O5/c1-12-9-21(10-13(2)27-12)19(24)20-14-7-18(23)22(11-14)15-5-6-16(25-3)17(8-15)26-4/h5-6,8,12-14H,7,9-11H2,1-4H3,(H,20,24). The molecule has 0 saturated carbocycles. The van der Waals surface area contributed by atoms with Crippen LogP contribution in [0.25, 0.3) is 0 Å². The van der Waals surface area contributed by atoms with E-state index in [4.69, 9.17) is 14.2 Å². The molecule has 1 N–H and O–H groups in total. The van der Waals surface area contributed by atoms with Crippen LogP contribution in [-0.2, 0) is 9.53 Å². The summed E-state index contributed by atoms with van der Waals surface area (Å²) in [7, 11) is 3.12. The molecule has 2 fully saturated rings. The number of methoxy groups -OCH3 is 2. The second kappa shape index (κ2) is 8.04. The monoisotopic (exact) mass is 377 g/mol. The molecule has 1 aromatic carbocycles. The van der Waals surface area contributed by atoms with E-state index in [1.165, 1.54) is 0 Å². The number of nitrogens with zero attached hydrogens (tertiary/aromatic N) is 2. The Kier molecular flexibility index (Phi) is 5.74. The van der Waals surface area contributed by atoms with Gasteiger partial charge in [-0.15, -0.1) is 0 Å². The van der Waals surface area contributed by atoms with E-state index >= 15 is 0 Å². The van der Waals surface area contributed by atoms with Crippen molar-refractivity contribution in [2.24, 2.45) is 0 Å². The van der Waals surface area contributed by atoms with Crippen LogP contribution in [0, 0.1) is 0 Å². The van der Waals surface area contributed by atoms with Gasteiger partial charge in [0, 0.05) is 37.8 Å². The van der Waals surface area contributed by atoms with Crippen molar-refractivity contribution in [2.45, 2.75) is 38.5 Å². The maximum atomic E-state index is 12.6. The predicted molar refractivity (Wildman–Crippen MR) is 100 cm³/mol. The van der Waals surface area contributed by atoms with Crippen molar-refractivity contribution in [3.05, 3.63) is 18.2 Å². The van der Waals surface area contributed by atoms with Crippen molar-refractivity contribution >= 4 is 17.6 Å². The van der Waals surface area contributed by atoms with Gasteiger partial charge in [-0.3, -0.25) is 4.79 Å². The Morgan fingerprint density at radius 1 is 1.11 bits per heavy atom. The van der Waals surface area contributed by atoms with Crippen molar-refractivity contribution in [3.8, 4) is 11.5 Å². The van der Waals surface area contributed by atoms with Gasteiger partial charge in [0.25, 0.3) is 0 Å². The molecule has 3 atom stereocenters. The van der Waals surface area contributed by atoms with Crippen LogP contribution in [0.5, 0.6) is 11.5 Å². The molecule has 0 aromatic heterocycles. The van der Waals surface area contributed by atoms with Gasteiger partial charge in [0.05, 0.1) is 32.5 Å². The second-order valence-electron chi connectivity index (χ2n) is 7.06. The largest absolute Gasteiger partial charge is 0.493 e. The Labute approximate surface area is 159 Å². The van der Waals surface area contributed by atoms with Crippen LogP contribution >= 0.6 is 0 Å². The Morgan fingerprint density at radius 2 is 1.78 bits per heavy atom. The average molecular weight is 377 g/mol. The summed E-state index contributed by atoms with van der Waals surface area (Å²) in [6.45, 7) is 5.43. The number of benzene rings is 1. The van der Waals surface area contributed by atoms with Gasteiger partial charge in [-0.05, 0) is 26.0 Å². The molecule has 3 unspecified atom stereocenters. The highest BCUT2D eigenvalue weighted by molar-refractivity contribution is 5.97. The third-order valence-corrected chi connectivity index (χ3v) is 4.84. The molecule has 0 radical (unpaired) electrons. The van der Waals surface area contributed by atoms with E-state index < -0.39 is 0 Å². The van der Waals surface area contributed by atoms with Crippen LogP contribution in [-0.4, -0.2) is 68.9 Å². The number of hydrogen-bond acceptors (Lipinski definition) is 5. The van der Waals surface area contributed by atoms with Crippen LogP contribution < -0.4 is 19.7 Å². The number of amides is 3. The van der Waals surface area contributed by atoms with Gasteiger partial charge >= 0.3 is 6.03 Å². The zero-order chi connectivity index (χ0) is 19.6. The molecule has 0 spiro atoms. The lowest BCUT2D eigenvalue weighted by Gasteiger charge is -2.35. The number of nitrogens with one attached hydrogen (secondary N) is 1. The predicted octanol–water partition coefficient (Wildman–Crippen LogP) is 1.63. The van der Waals surface area contributed by atoms with Gasteiger partial charge in [0.2, 0.25) is 5.91 Å². The topological polar surface area (TPSA) is 80.3 Å². The molecule has 27 heavy (non-hydrogen) atoms. The van der Waals surface area contributed by atoms with E-state index in [2.05, 4.69) is 5.32 Å². The van der Waals surface area contributed by atoms with E-state index in [1.807, 2.05) is 19.9 Å². The molecule has 2 aliphatic heterocycles. The molecule has 1 aromatic rings. The third-order valence-electron chi connectivity index (χ3n) is 4.84. The molecule has 8 nitrogen and oxygen atoms in total. The quantitative estimate of drug-likeness (QED) is 0.863. The minimum absolute atomic E-state index is 0.00738. The van der Waals surface area contributed by atoms with Gasteiger partial charge < -0.3 is 29.3 Å². The third kappa shape index (κ3) is 4.27. The Hall–Kier alpha value is -2.48. The zero-order valence-corrected chi connectivity index (χ0v) is 16.2. The highest BCUT2D eigenvalue weighted by atomic mass is 16.5. The van der Waals surface area contributed by atoms with Gasteiger partial charge in [0.1, 0.15) is 0 Å². The Bertz CT molecular complexity index is 701. The first-order chi connectivity index (χ1) is 12.9. The number of urea groups is 1. The summed E-state index contributed by atoms with van der Waals surface area (Å²) >= 11 is 0. The average Bonchev–Trinajstić information content (AvgIpc) is 3.00. The van der Waals surface area contributed by atoms with Crippen molar-refractivity contribution < 1.29 is 23.8 Å². The molecule has 2 saturated heterocycles. The summed E-state index contributed by atoms with van der Waals surface area (Å²) in [5, 5.41) is 2.98. The molecule has 2 aliphatic rings. The van der Waals surface area contributed by atoms with Gasteiger partial charge in [0.15, 0.2) is 11.5 Å². The highest BCUT2D eigenvalue weighted by Crippen LogP contribution is 2.33. The van der Waals surface area contributed by atoms with E-state index in [1.54, 1.807) is 36.2 Å². The summed E-state index contributed by atoms with van der Waals surface area (Å²) < 4.78 is 16.2. The Balaban J connectivity index is 1.64. The van der Waals surface area contributed by atoms with Gasteiger partial charge in [-0.2, -0.15) is 0 Å². The van der Waals surface area contributed by atoms with E-state index in [0.717, 1.165) is 5.69 Å². The minimum Gasteiger partial charge on any atom is -0.493 e. The number of anilines is 1. The molecule has 0 aliphatic carbocycles. The van der Waals surface area contributed by atoms with Crippen LogP contribution in [0.3, 0.4) is 0 Å². The number of morpholine rings is 1. The zero-order valence-electron chi connectivity index (χ0n) is 16.2. The number of hydrogen-bond donors (Lipinski definition) is 1. The summed E-state index contributed by atoms with van der Waals surface area (Å²) in [5.74, 6) is 1.14. The lowest BCUT2D eigenvalue weighted by atomic mass is 10.2. The van der Waals surface area contributed by atoms with Gasteiger partial charge in [-0.1, -0.05) is 0 Å². The fraction of sp³-hybridized carbons (Fsp3) is 0.579. The van der Waals surface area contributed by atoms with Crippen LogP contribution in [0.4, 0.5) is 10.5 Å². The van der Waals surface area contributed by atoms with Crippen LogP contribution in [0.1, 0.15) is 20.3 Å². The molecule has 3 rings (SSSR count). The fourth-order valence-corrected chi connectivity index (χ4v) is 3.66. The maximum Gasteiger partial charge on any atom is 0.317 e. The molecule has 0 bridgehead atoms. The summed E-state index contributed by atoms with van der Waals surface area (Å²) in [6, 6.07) is 4.97. The van der Waals surface area contributed by atoms with Crippen molar-refractivity contribution in [1.29, 1.82) is 0 Å². The maximum absolute atomic E-state index is 12.6. The number of carbonyl (C=O) groups is 2. The minimum atomic E-state index is -0.230. The van der Waals surface area contributed by atoms with E-state index in [0.29, 0.717) is 31.1 Å².